The second-order valence-electron chi connectivity index (χ2n) is 1.40. The Balaban J connectivity index is 2.67. The largest absolute Gasteiger partial charge is 0.272 e. The van der Waals surface area contributed by atoms with Crippen molar-refractivity contribution in [2.45, 2.75) is 12.8 Å². The van der Waals surface area contributed by atoms with E-state index in [1.54, 1.807) is 0 Å². The molecule has 0 bridgehead atoms. The highest BCUT2D eigenvalue weighted by atomic mass is 16.3. The summed E-state index contributed by atoms with van der Waals surface area (Å²) in [6.45, 7) is 0. The Bertz CT molecular complexity index is 128. The van der Waals surface area contributed by atoms with Crippen LogP contribution < -0.4 is 0 Å². The Morgan fingerprint density at radius 3 is 2.29 bits per heavy atom. The maximum Gasteiger partial charge on any atom is 0.249 e. The van der Waals surface area contributed by atoms with E-state index in [4.69, 9.17) is 0 Å². The Labute approximate surface area is 40.7 Å². The number of rotatable bonds is 0. The van der Waals surface area contributed by atoms with Crippen molar-refractivity contribution in [1.29, 1.82) is 0 Å². The number of amides is 1. The fraction of sp³-hybridized carbons (Fsp3) is 0.500. The van der Waals surface area contributed by atoms with E-state index in [2.05, 4.69) is 4.99 Å². The maximum atomic E-state index is 10.1. The van der Waals surface area contributed by atoms with Crippen molar-refractivity contribution in [3.05, 3.63) is 0 Å². The standard InChI is InChI=1S/C4H4NO2/c6-3-1-2-4(7)5-3/h1-2H2. The van der Waals surface area contributed by atoms with E-state index < -0.39 is 0 Å². The molecule has 1 radical (unpaired) electrons. The summed E-state index contributed by atoms with van der Waals surface area (Å²) in [5.41, 5.74) is 0. The second kappa shape index (κ2) is 1.33. The zero-order valence-corrected chi connectivity index (χ0v) is 3.68. The van der Waals surface area contributed by atoms with Crippen LogP contribution in [-0.2, 0) is 9.90 Å². The molecule has 1 aliphatic rings. The highest BCUT2D eigenvalue weighted by molar-refractivity contribution is 5.97. The minimum atomic E-state index is -0.273. The summed E-state index contributed by atoms with van der Waals surface area (Å²) in [6.07, 6.45) is 0.637. The number of hydrogen-bond donors (Lipinski definition) is 0. The third kappa shape index (κ3) is 0.765. The lowest BCUT2D eigenvalue weighted by Gasteiger charge is -1.69. The monoisotopic (exact) mass is 98.0 g/mol. The van der Waals surface area contributed by atoms with Gasteiger partial charge in [-0.2, -0.15) is 4.99 Å². The molecule has 0 fully saturated rings. The fourth-order valence-corrected chi connectivity index (χ4v) is 0.465. The molecule has 0 aromatic carbocycles. The number of hydrogen-bond acceptors (Lipinski definition) is 1. The zero-order chi connectivity index (χ0) is 5.28. The van der Waals surface area contributed by atoms with Crippen molar-refractivity contribution < 1.29 is 9.90 Å². The van der Waals surface area contributed by atoms with Crippen molar-refractivity contribution in [1.82, 2.24) is 0 Å². The average Bonchev–Trinajstić information content (AvgIpc) is 1.87. The number of aliphatic imine (C=N–C) groups is 1. The molecule has 0 aromatic rings. The van der Waals surface area contributed by atoms with Gasteiger partial charge in [0.15, 0.2) is 0 Å². The minimum Gasteiger partial charge on any atom is -0.272 e. The summed E-state index contributed by atoms with van der Waals surface area (Å²) in [5, 5.41) is 10.1. The van der Waals surface area contributed by atoms with Crippen LogP contribution in [0.1, 0.15) is 12.8 Å². The van der Waals surface area contributed by atoms with E-state index in [-0.39, 0.29) is 11.8 Å². The molecule has 0 aromatic heterocycles. The first kappa shape index (κ1) is 4.30. The van der Waals surface area contributed by atoms with E-state index in [1.165, 1.54) is 0 Å². The molecule has 3 nitrogen and oxygen atoms in total. The molecule has 1 heterocycles. The minimum absolute atomic E-state index is 0.273. The molecule has 0 N–H and O–H groups in total. The van der Waals surface area contributed by atoms with Gasteiger partial charge in [-0.1, -0.05) is 0 Å². The third-order valence-corrected chi connectivity index (χ3v) is 0.802. The Morgan fingerprint density at radius 1 is 1.43 bits per heavy atom. The van der Waals surface area contributed by atoms with Crippen molar-refractivity contribution >= 4 is 11.8 Å². The van der Waals surface area contributed by atoms with Gasteiger partial charge in [0.25, 0.3) is 0 Å². The van der Waals surface area contributed by atoms with Gasteiger partial charge in [-0.15, -0.1) is 0 Å². The molecule has 0 saturated heterocycles. The van der Waals surface area contributed by atoms with Crippen LogP contribution in [0.4, 0.5) is 0 Å². The van der Waals surface area contributed by atoms with Gasteiger partial charge >= 0.3 is 0 Å². The molecule has 1 amide bonds. The van der Waals surface area contributed by atoms with Gasteiger partial charge in [0.2, 0.25) is 11.8 Å². The second-order valence-corrected chi connectivity index (χ2v) is 1.40. The number of carbonyl (C=O) groups is 1. The highest BCUT2D eigenvalue weighted by Crippen LogP contribution is 2.02. The predicted octanol–water partition coefficient (Wildman–Crippen LogP) is 0.136. The quantitative estimate of drug-likeness (QED) is 0.425. The third-order valence-electron chi connectivity index (χ3n) is 0.802. The smallest absolute Gasteiger partial charge is 0.249 e. The van der Waals surface area contributed by atoms with Gasteiger partial charge < -0.3 is 0 Å². The van der Waals surface area contributed by atoms with E-state index in [9.17, 15) is 9.90 Å². The van der Waals surface area contributed by atoms with Crippen LogP contribution in [0.25, 0.3) is 0 Å². The molecule has 0 aliphatic carbocycles. The van der Waals surface area contributed by atoms with Crippen LogP contribution >= 0.6 is 0 Å². The van der Waals surface area contributed by atoms with Gasteiger partial charge in [-0.05, 0) is 0 Å². The van der Waals surface area contributed by atoms with E-state index in [0.29, 0.717) is 12.8 Å². The summed E-state index contributed by atoms with van der Waals surface area (Å²) in [6, 6.07) is 0. The first-order valence-corrected chi connectivity index (χ1v) is 2.06. The molecule has 1 aliphatic heterocycles. The topological polar surface area (TPSA) is 49.3 Å². The van der Waals surface area contributed by atoms with E-state index >= 15 is 0 Å². The molecule has 37 valence electrons. The number of carbonyl (C=O) groups excluding carboxylic acids is 1. The van der Waals surface area contributed by atoms with Crippen LogP contribution in [0.3, 0.4) is 0 Å². The molecule has 7 heavy (non-hydrogen) atoms. The van der Waals surface area contributed by atoms with Crippen molar-refractivity contribution in [2.24, 2.45) is 4.99 Å². The van der Waals surface area contributed by atoms with Crippen LogP contribution in [-0.4, -0.2) is 11.8 Å². The van der Waals surface area contributed by atoms with Crippen molar-refractivity contribution in [3.63, 3.8) is 0 Å². The Hall–Kier alpha value is -0.860. The molecule has 0 unspecified atom stereocenters. The van der Waals surface area contributed by atoms with Crippen LogP contribution in [0.2, 0.25) is 0 Å². The molecular weight excluding hydrogens is 94.0 g/mol. The molecule has 3 heteroatoms. The van der Waals surface area contributed by atoms with Crippen molar-refractivity contribution in [2.75, 3.05) is 0 Å². The van der Waals surface area contributed by atoms with Gasteiger partial charge in [0, 0.05) is 12.8 Å². The Morgan fingerprint density at radius 2 is 2.14 bits per heavy atom. The summed E-state index contributed by atoms with van der Waals surface area (Å²) in [4.78, 5) is 13.2. The van der Waals surface area contributed by atoms with E-state index in [0.717, 1.165) is 0 Å². The molecule has 1 rings (SSSR count). The van der Waals surface area contributed by atoms with Gasteiger partial charge in [-0.3, -0.25) is 9.90 Å². The Kier molecular flexibility index (Phi) is 0.817. The van der Waals surface area contributed by atoms with E-state index in [1.807, 2.05) is 0 Å². The van der Waals surface area contributed by atoms with Gasteiger partial charge in [0.1, 0.15) is 0 Å². The molecule has 0 spiro atoms. The fourth-order valence-electron chi connectivity index (χ4n) is 0.465. The van der Waals surface area contributed by atoms with Crippen molar-refractivity contribution in [3.8, 4) is 0 Å². The summed E-state index contributed by atoms with van der Waals surface area (Å²) in [7, 11) is 0. The maximum absolute atomic E-state index is 10.1. The first-order chi connectivity index (χ1) is 3.29. The van der Waals surface area contributed by atoms with Crippen LogP contribution in [0.5, 0.6) is 0 Å². The predicted molar refractivity (Wildman–Crippen MR) is 22.4 cm³/mol. The highest BCUT2D eigenvalue weighted by Gasteiger charge is 2.12. The lowest BCUT2D eigenvalue weighted by molar-refractivity contribution is -0.117. The van der Waals surface area contributed by atoms with Gasteiger partial charge in [0.05, 0.1) is 0 Å². The zero-order valence-electron chi connectivity index (χ0n) is 3.68. The SMILES string of the molecule is [O]C1=NC(=O)CC1. The first-order valence-electron chi connectivity index (χ1n) is 2.06. The summed E-state index contributed by atoms with van der Waals surface area (Å²) in [5.74, 6) is -0.546. The summed E-state index contributed by atoms with van der Waals surface area (Å²) < 4.78 is 0. The lowest BCUT2D eigenvalue weighted by Crippen LogP contribution is -1.81. The van der Waals surface area contributed by atoms with Crippen LogP contribution in [0, 0.1) is 0 Å². The number of nitrogens with zero attached hydrogens (tertiary/aromatic N) is 1. The van der Waals surface area contributed by atoms with Crippen LogP contribution in [0.15, 0.2) is 4.99 Å². The molecular formula is C4H4NO2. The normalized spacial score (nSPS) is 20.0. The van der Waals surface area contributed by atoms with Gasteiger partial charge in [-0.25, -0.2) is 0 Å². The molecule has 0 atom stereocenters. The summed E-state index contributed by atoms with van der Waals surface area (Å²) >= 11 is 0. The lowest BCUT2D eigenvalue weighted by atomic mass is 10.4. The average molecular weight is 98.1 g/mol. The molecule has 0 saturated carbocycles.